The van der Waals surface area contributed by atoms with Crippen molar-refractivity contribution in [3.8, 4) is 0 Å². The lowest BCUT2D eigenvalue weighted by atomic mass is 10.1. The highest BCUT2D eigenvalue weighted by molar-refractivity contribution is 5.94. The van der Waals surface area contributed by atoms with Gasteiger partial charge in [0.15, 0.2) is 0 Å². The number of rotatable bonds is 8. The minimum atomic E-state index is -1.18. The number of anilines is 2. The molecule has 1 aromatic carbocycles. The van der Waals surface area contributed by atoms with Crippen LogP contribution in [-0.2, 0) is 4.74 Å². The zero-order valence-electron chi connectivity index (χ0n) is 11.6. The molecule has 1 aromatic rings. The van der Waals surface area contributed by atoms with Crippen molar-refractivity contribution in [2.75, 3.05) is 51.4 Å². The molecular formula is C13H20FN3O3. The average molecular weight is 285 g/mol. The van der Waals surface area contributed by atoms with Gasteiger partial charge in [0.05, 0.1) is 17.9 Å². The molecule has 0 spiro atoms. The summed E-state index contributed by atoms with van der Waals surface area (Å²) in [5, 5.41) is 11.8. The van der Waals surface area contributed by atoms with E-state index in [0.29, 0.717) is 19.7 Å². The topological polar surface area (TPSA) is 87.8 Å². The number of benzene rings is 1. The van der Waals surface area contributed by atoms with Gasteiger partial charge in [0.2, 0.25) is 0 Å². The summed E-state index contributed by atoms with van der Waals surface area (Å²) >= 11 is 0. The summed E-state index contributed by atoms with van der Waals surface area (Å²) in [5.74, 6) is -1.74. The van der Waals surface area contributed by atoms with E-state index in [2.05, 4.69) is 5.32 Å². The maximum absolute atomic E-state index is 13.7. The Balaban J connectivity index is 2.59. The monoisotopic (exact) mass is 285 g/mol. The van der Waals surface area contributed by atoms with E-state index in [1.807, 2.05) is 11.9 Å². The largest absolute Gasteiger partial charge is 0.478 e. The van der Waals surface area contributed by atoms with Crippen LogP contribution in [0.3, 0.4) is 0 Å². The molecule has 7 heteroatoms. The predicted octanol–water partition coefficient (Wildman–Crippen LogP) is 1.10. The number of nitrogens with one attached hydrogen (secondary N) is 1. The van der Waals surface area contributed by atoms with Crippen LogP contribution in [0.1, 0.15) is 10.4 Å². The van der Waals surface area contributed by atoms with E-state index in [1.165, 1.54) is 6.07 Å². The van der Waals surface area contributed by atoms with Crippen molar-refractivity contribution in [1.82, 2.24) is 4.90 Å². The van der Waals surface area contributed by atoms with Crippen LogP contribution in [0.2, 0.25) is 0 Å². The molecule has 0 aromatic heterocycles. The zero-order chi connectivity index (χ0) is 15.1. The summed E-state index contributed by atoms with van der Waals surface area (Å²) in [6.07, 6.45) is 0. The number of nitrogens with zero attached hydrogens (tertiary/aromatic N) is 1. The van der Waals surface area contributed by atoms with Gasteiger partial charge in [-0.1, -0.05) is 0 Å². The first kappa shape index (κ1) is 16.2. The fraction of sp³-hybridized carbons (Fsp3) is 0.462. The van der Waals surface area contributed by atoms with Crippen LogP contribution in [0.4, 0.5) is 15.8 Å². The Morgan fingerprint density at radius 3 is 2.80 bits per heavy atom. The quantitative estimate of drug-likeness (QED) is 0.620. The first-order valence-corrected chi connectivity index (χ1v) is 6.19. The number of carbonyl (C=O) groups is 1. The number of carboxylic acid groups (broad SMARTS) is 1. The van der Waals surface area contributed by atoms with Crippen molar-refractivity contribution >= 4 is 17.3 Å². The first-order chi connectivity index (χ1) is 9.45. The third-order valence-corrected chi connectivity index (χ3v) is 2.86. The third-order valence-electron chi connectivity index (χ3n) is 2.86. The molecule has 20 heavy (non-hydrogen) atoms. The number of aromatic carboxylic acids is 1. The maximum atomic E-state index is 13.7. The summed E-state index contributed by atoms with van der Waals surface area (Å²) in [5.41, 5.74) is 5.39. The van der Waals surface area contributed by atoms with Gasteiger partial charge in [-0.3, -0.25) is 0 Å². The highest BCUT2D eigenvalue weighted by atomic mass is 19.1. The van der Waals surface area contributed by atoms with Gasteiger partial charge in [-0.25, -0.2) is 9.18 Å². The molecule has 0 aliphatic carbocycles. The van der Waals surface area contributed by atoms with Crippen molar-refractivity contribution in [1.29, 1.82) is 0 Å². The third kappa shape index (κ3) is 4.67. The van der Waals surface area contributed by atoms with Crippen LogP contribution in [0.25, 0.3) is 0 Å². The predicted molar refractivity (Wildman–Crippen MR) is 75.6 cm³/mol. The normalized spacial score (nSPS) is 10.8. The Labute approximate surface area is 117 Å². The Hall–Kier alpha value is -1.86. The molecular weight excluding hydrogens is 265 g/mol. The summed E-state index contributed by atoms with van der Waals surface area (Å²) < 4.78 is 18.6. The van der Waals surface area contributed by atoms with Gasteiger partial charge in [-0.15, -0.1) is 0 Å². The Morgan fingerprint density at radius 2 is 2.20 bits per heavy atom. The average Bonchev–Trinajstić information content (AvgIpc) is 2.38. The van der Waals surface area contributed by atoms with Crippen molar-refractivity contribution in [3.63, 3.8) is 0 Å². The zero-order valence-corrected chi connectivity index (χ0v) is 11.6. The molecule has 0 saturated carbocycles. The number of methoxy groups -OCH3 is 1. The second-order valence-electron chi connectivity index (χ2n) is 4.45. The molecule has 0 atom stereocenters. The Bertz CT molecular complexity index is 468. The van der Waals surface area contributed by atoms with E-state index in [4.69, 9.17) is 15.6 Å². The number of ether oxygens (including phenoxy) is 1. The van der Waals surface area contributed by atoms with Crippen LogP contribution < -0.4 is 11.1 Å². The highest BCUT2D eigenvalue weighted by Crippen LogP contribution is 2.22. The second-order valence-corrected chi connectivity index (χ2v) is 4.45. The molecule has 0 heterocycles. The lowest BCUT2D eigenvalue weighted by Gasteiger charge is -2.17. The van der Waals surface area contributed by atoms with E-state index in [0.717, 1.165) is 12.6 Å². The molecule has 0 aliphatic heterocycles. The molecule has 0 aliphatic rings. The van der Waals surface area contributed by atoms with Gasteiger partial charge < -0.3 is 25.8 Å². The van der Waals surface area contributed by atoms with Gasteiger partial charge >= 0.3 is 5.97 Å². The minimum absolute atomic E-state index is 0.0854. The van der Waals surface area contributed by atoms with E-state index in [9.17, 15) is 9.18 Å². The first-order valence-electron chi connectivity index (χ1n) is 6.19. The smallest absolute Gasteiger partial charge is 0.337 e. The summed E-state index contributed by atoms with van der Waals surface area (Å²) in [7, 11) is 3.55. The Morgan fingerprint density at radius 1 is 1.50 bits per heavy atom. The lowest BCUT2D eigenvalue weighted by molar-refractivity contribution is 0.0698. The Kier molecular flexibility index (Phi) is 6.20. The minimum Gasteiger partial charge on any atom is -0.478 e. The second kappa shape index (κ2) is 7.66. The SMILES string of the molecule is COCCN(C)CCNc1cc(C(=O)O)c(N)cc1F. The molecule has 0 bridgehead atoms. The van der Waals surface area contributed by atoms with Crippen LogP contribution in [0, 0.1) is 5.82 Å². The summed E-state index contributed by atoms with van der Waals surface area (Å²) in [6, 6.07) is 2.22. The van der Waals surface area contributed by atoms with Crippen LogP contribution in [-0.4, -0.2) is 56.4 Å². The van der Waals surface area contributed by atoms with Crippen molar-refractivity contribution in [2.24, 2.45) is 0 Å². The van der Waals surface area contributed by atoms with Crippen molar-refractivity contribution in [2.45, 2.75) is 0 Å². The number of halogens is 1. The molecule has 1 rings (SSSR count). The van der Waals surface area contributed by atoms with E-state index in [1.54, 1.807) is 7.11 Å². The van der Waals surface area contributed by atoms with Crippen LogP contribution in [0.5, 0.6) is 0 Å². The summed E-state index contributed by atoms with van der Waals surface area (Å²) in [4.78, 5) is 13.0. The van der Waals surface area contributed by atoms with Crippen LogP contribution in [0.15, 0.2) is 12.1 Å². The van der Waals surface area contributed by atoms with E-state index >= 15 is 0 Å². The lowest BCUT2D eigenvalue weighted by Crippen LogP contribution is -2.28. The summed E-state index contributed by atoms with van der Waals surface area (Å²) in [6.45, 7) is 2.55. The molecule has 0 fully saturated rings. The fourth-order valence-electron chi connectivity index (χ4n) is 1.65. The molecule has 4 N–H and O–H groups in total. The van der Waals surface area contributed by atoms with E-state index in [-0.39, 0.29) is 16.9 Å². The van der Waals surface area contributed by atoms with Gasteiger partial charge in [0.1, 0.15) is 5.82 Å². The molecule has 0 saturated heterocycles. The molecule has 6 nitrogen and oxygen atoms in total. The number of nitrogen functional groups attached to an aromatic ring is 1. The number of nitrogens with two attached hydrogens (primary N) is 1. The molecule has 112 valence electrons. The standard InChI is InChI=1S/C13H20FN3O3/c1-17(5-6-20-2)4-3-16-12-7-9(13(18)19)11(15)8-10(12)14/h7-8,16H,3-6,15H2,1-2H3,(H,18,19). The number of likely N-dealkylation sites (N-methyl/N-ethyl adjacent to an activating group) is 1. The fourth-order valence-corrected chi connectivity index (χ4v) is 1.65. The number of hydrogen-bond acceptors (Lipinski definition) is 5. The highest BCUT2D eigenvalue weighted by Gasteiger charge is 2.13. The number of carboxylic acids is 1. The van der Waals surface area contributed by atoms with Crippen molar-refractivity contribution in [3.05, 3.63) is 23.5 Å². The van der Waals surface area contributed by atoms with Crippen molar-refractivity contribution < 1.29 is 19.0 Å². The maximum Gasteiger partial charge on any atom is 0.337 e. The molecule has 0 radical (unpaired) electrons. The van der Waals surface area contributed by atoms with Crippen LogP contribution >= 0.6 is 0 Å². The van der Waals surface area contributed by atoms with E-state index < -0.39 is 11.8 Å². The molecule has 0 amide bonds. The number of hydrogen-bond donors (Lipinski definition) is 3. The van der Waals surface area contributed by atoms with Gasteiger partial charge in [0, 0.05) is 32.4 Å². The van der Waals surface area contributed by atoms with Gasteiger partial charge in [-0.2, -0.15) is 0 Å². The van der Waals surface area contributed by atoms with Gasteiger partial charge in [-0.05, 0) is 19.2 Å². The molecule has 0 unspecified atom stereocenters. The van der Waals surface area contributed by atoms with Gasteiger partial charge in [0.25, 0.3) is 0 Å².